The second-order valence-electron chi connectivity index (χ2n) is 4.66. The lowest BCUT2D eigenvalue weighted by Crippen LogP contribution is -2.22. The number of ketones is 1. The molecule has 0 aromatic heterocycles. The summed E-state index contributed by atoms with van der Waals surface area (Å²) < 4.78 is 13.6. The predicted octanol–water partition coefficient (Wildman–Crippen LogP) is 3.73. The van der Waals surface area contributed by atoms with Crippen LogP contribution in [0.1, 0.15) is 17.3 Å². The third-order valence-corrected chi connectivity index (χ3v) is 3.16. The SMILES string of the molecule is CC(=O)c1cccc(NCC(=O)Nc2ccc(Cl)cc2F)c1. The Labute approximate surface area is 132 Å². The molecular formula is C16H14ClFN2O2. The number of amides is 1. The highest BCUT2D eigenvalue weighted by Gasteiger charge is 2.08. The normalized spacial score (nSPS) is 10.1. The quantitative estimate of drug-likeness (QED) is 0.825. The monoisotopic (exact) mass is 320 g/mol. The summed E-state index contributed by atoms with van der Waals surface area (Å²) in [5, 5.41) is 5.58. The van der Waals surface area contributed by atoms with Crippen LogP contribution in [0.25, 0.3) is 0 Å². The molecule has 2 aromatic rings. The van der Waals surface area contributed by atoms with Gasteiger partial charge in [0.1, 0.15) is 5.82 Å². The van der Waals surface area contributed by atoms with Crippen molar-refractivity contribution in [1.82, 2.24) is 0 Å². The highest BCUT2D eigenvalue weighted by molar-refractivity contribution is 6.30. The molecular weight excluding hydrogens is 307 g/mol. The number of nitrogens with one attached hydrogen (secondary N) is 2. The van der Waals surface area contributed by atoms with Crippen LogP contribution in [0.3, 0.4) is 0 Å². The van der Waals surface area contributed by atoms with E-state index in [1.165, 1.54) is 19.1 Å². The number of halogens is 2. The molecule has 0 fully saturated rings. The van der Waals surface area contributed by atoms with Gasteiger partial charge >= 0.3 is 0 Å². The Balaban J connectivity index is 1.95. The van der Waals surface area contributed by atoms with Gasteiger partial charge in [0, 0.05) is 16.3 Å². The van der Waals surface area contributed by atoms with Gasteiger partial charge in [0.25, 0.3) is 0 Å². The molecule has 2 N–H and O–H groups in total. The molecule has 0 heterocycles. The summed E-state index contributed by atoms with van der Waals surface area (Å²) in [4.78, 5) is 23.1. The van der Waals surface area contributed by atoms with E-state index in [1.807, 2.05) is 0 Å². The van der Waals surface area contributed by atoms with Crippen LogP contribution in [-0.4, -0.2) is 18.2 Å². The molecule has 0 radical (unpaired) electrons. The molecule has 2 aromatic carbocycles. The van der Waals surface area contributed by atoms with E-state index in [4.69, 9.17) is 11.6 Å². The standard InChI is InChI=1S/C16H14ClFN2O2/c1-10(21)11-3-2-4-13(7-11)19-9-16(22)20-15-6-5-12(17)8-14(15)18/h2-8,19H,9H2,1H3,(H,20,22). The average Bonchev–Trinajstić information content (AvgIpc) is 2.48. The number of benzene rings is 2. The fourth-order valence-electron chi connectivity index (χ4n) is 1.82. The maximum absolute atomic E-state index is 13.6. The van der Waals surface area contributed by atoms with Crippen LogP contribution in [0.15, 0.2) is 42.5 Å². The number of carbonyl (C=O) groups excluding carboxylic acids is 2. The van der Waals surface area contributed by atoms with Crippen molar-refractivity contribution in [2.45, 2.75) is 6.92 Å². The van der Waals surface area contributed by atoms with Crippen LogP contribution in [-0.2, 0) is 4.79 Å². The second-order valence-corrected chi connectivity index (χ2v) is 5.10. The summed E-state index contributed by atoms with van der Waals surface area (Å²) in [7, 11) is 0. The van der Waals surface area contributed by atoms with Crippen molar-refractivity contribution in [3.8, 4) is 0 Å². The topological polar surface area (TPSA) is 58.2 Å². The van der Waals surface area contributed by atoms with Gasteiger partial charge in [0.15, 0.2) is 5.78 Å². The Bertz CT molecular complexity index is 719. The maximum Gasteiger partial charge on any atom is 0.243 e. The van der Waals surface area contributed by atoms with Crippen molar-refractivity contribution in [2.24, 2.45) is 0 Å². The van der Waals surface area contributed by atoms with Gasteiger partial charge in [0.2, 0.25) is 5.91 Å². The van der Waals surface area contributed by atoms with E-state index in [0.717, 1.165) is 6.07 Å². The molecule has 6 heteroatoms. The van der Waals surface area contributed by atoms with Gasteiger partial charge in [-0.15, -0.1) is 0 Å². The zero-order valence-corrected chi connectivity index (χ0v) is 12.6. The van der Waals surface area contributed by atoms with Crippen molar-refractivity contribution in [2.75, 3.05) is 17.2 Å². The lowest BCUT2D eigenvalue weighted by atomic mass is 10.1. The van der Waals surface area contributed by atoms with Gasteiger partial charge in [-0.1, -0.05) is 23.7 Å². The van der Waals surface area contributed by atoms with Crippen LogP contribution in [0.5, 0.6) is 0 Å². The second kappa shape index (κ2) is 7.04. The molecule has 4 nitrogen and oxygen atoms in total. The molecule has 0 spiro atoms. The summed E-state index contributed by atoms with van der Waals surface area (Å²) in [6.07, 6.45) is 0. The number of hydrogen-bond donors (Lipinski definition) is 2. The predicted molar refractivity (Wildman–Crippen MR) is 85.0 cm³/mol. The van der Waals surface area contributed by atoms with E-state index >= 15 is 0 Å². The maximum atomic E-state index is 13.6. The number of rotatable bonds is 5. The molecule has 0 saturated heterocycles. The Morgan fingerprint density at radius 1 is 1.18 bits per heavy atom. The Kier molecular flexibility index (Phi) is 5.12. The van der Waals surface area contributed by atoms with E-state index < -0.39 is 11.7 Å². The fraction of sp³-hybridized carbons (Fsp3) is 0.125. The molecule has 22 heavy (non-hydrogen) atoms. The van der Waals surface area contributed by atoms with Crippen LogP contribution in [0.2, 0.25) is 5.02 Å². The van der Waals surface area contributed by atoms with Crippen molar-refractivity contribution < 1.29 is 14.0 Å². The zero-order valence-electron chi connectivity index (χ0n) is 11.8. The molecule has 0 aliphatic rings. The van der Waals surface area contributed by atoms with E-state index in [9.17, 15) is 14.0 Å². The van der Waals surface area contributed by atoms with Gasteiger partial charge in [-0.05, 0) is 37.3 Å². The van der Waals surface area contributed by atoms with Crippen molar-refractivity contribution >= 4 is 34.7 Å². The zero-order chi connectivity index (χ0) is 16.1. The van der Waals surface area contributed by atoms with Crippen LogP contribution >= 0.6 is 11.6 Å². The summed E-state index contributed by atoms with van der Waals surface area (Å²) in [5.74, 6) is -1.06. The summed E-state index contributed by atoms with van der Waals surface area (Å²) in [6.45, 7) is 1.42. The summed E-state index contributed by atoms with van der Waals surface area (Å²) >= 11 is 5.64. The molecule has 0 aliphatic carbocycles. The molecule has 0 atom stereocenters. The average molecular weight is 321 g/mol. The van der Waals surface area contributed by atoms with Gasteiger partial charge in [0.05, 0.1) is 12.2 Å². The minimum atomic E-state index is -0.598. The molecule has 0 saturated carbocycles. The molecule has 0 aliphatic heterocycles. The van der Waals surface area contributed by atoms with E-state index in [2.05, 4.69) is 10.6 Å². The van der Waals surface area contributed by atoms with Gasteiger partial charge < -0.3 is 10.6 Å². The third-order valence-electron chi connectivity index (χ3n) is 2.93. The lowest BCUT2D eigenvalue weighted by molar-refractivity contribution is -0.114. The van der Waals surface area contributed by atoms with E-state index in [1.54, 1.807) is 24.3 Å². The highest BCUT2D eigenvalue weighted by Crippen LogP contribution is 2.18. The van der Waals surface area contributed by atoms with Crippen LogP contribution in [0, 0.1) is 5.82 Å². The largest absolute Gasteiger partial charge is 0.376 e. The molecule has 0 unspecified atom stereocenters. The number of hydrogen-bond acceptors (Lipinski definition) is 3. The van der Waals surface area contributed by atoms with E-state index in [-0.39, 0.29) is 23.0 Å². The van der Waals surface area contributed by atoms with Crippen molar-refractivity contribution in [1.29, 1.82) is 0 Å². The highest BCUT2D eigenvalue weighted by atomic mass is 35.5. The first kappa shape index (κ1) is 16.0. The number of anilines is 2. The van der Waals surface area contributed by atoms with Crippen molar-refractivity contribution in [3.05, 3.63) is 58.9 Å². The molecule has 2 rings (SSSR count). The number of Topliss-reactive ketones (excluding diaryl/α,β-unsaturated/α-hetero) is 1. The lowest BCUT2D eigenvalue weighted by Gasteiger charge is -2.09. The fourth-order valence-corrected chi connectivity index (χ4v) is 1.97. The van der Waals surface area contributed by atoms with Gasteiger partial charge in [-0.25, -0.2) is 4.39 Å². The molecule has 0 bridgehead atoms. The minimum Gasteiger partial charge on any atom is -0.376 e. The third kappa shape index (κ3) is 4.30. The molecule has 1 amide bonds. The van der Waals surface area contributed by atoms with Gasteiger partial charge in [-0.2, -0.15) is 0 Å². The summed E-state index contributed by atoms with van der Waals surface area (Å²) in [5.41, 5.74) is 1.25. The smallest absolute Gasteiger partial charge is 0.243 e. The Morgan fingerprint density at radius 3 is 2.64 bits per heavy atom. The van der Waals surface area contributed by atoms with Crippen LogP contribution < -0.4 is 10.6 Å². The first-order valence-corrected chi connectivity index (χ1v) is 6.93. The minimum absolute atomic E-state index is 0.0522. The van der Waals surface area contributed by atoms with Crippen LogP contribution in [0.4, 0.5) is 15.8 Å². The number of carbonyl (C=O) groups is 2. The molecule has 114 valence electrons. The Hall–Kier alpha value is -2.40. The summed E-state index contributed by atoms with van der Waals surface area (Å²) in [6, 6.07) is 10.8. The first-order chi connectivity index (χ1) is 10.5. The van der Waals surface area contributed by atoms with E-state index in [0.29, 0.717) is 11.3 Å². The Morgan fingerprint density at radius 2 is 1.95 bits per heavy atom. The first-order valence-electron chi connectivity index (χ1n) is 6.55. The van der Waals surface area contributed by atoms with Crippen molar-refractivity contribution in [3.63, 3.8) is 0 Å². The van der Waals surface area contributed by atoms with Gasteiger partial charge in [-0.3, -0.25) is 9.59 Å².